The molecule has 1 atom stereocenters. The van der Waals surface area contributed by atoms with E-state index in [1.54, 1.807) is 18.3 Å². The molecule has 0 fully saturated rings. The number of fused-ring (bicyclic) bond motifs is 1. The maximum Gasteiger partial charge on any atom is 0.322 e. The van der Waals surface area contributed by atoms with Crippen molar-refractivity contribution in [3.63, 3.8) is 0 Å². The van der Waals surface area contributed by atoms with Gasteiger partial charge in [-0.25, -0.2) is 8.42 Å². The van der Waals surface area contributed by atoms with Gasteiger partial charge in [0, 0.05) is 28.4 Å². The molecule has 0 radical (unpaired) electrons. The fourth-order valence-corrected chi connectivity index (χ4v) is 6.17. The van der Waals surface area contributed by atoms with Crippen LogP contribution in [0.15, 0.2) is 71.1 Å². The predicted molar refractivity (Wildman–Crippen MR) is 127 cm³/mol. The van der Waals surface area contributed by atoms with Crippen LogP contribution >= 0.6 is 11.3 Å². The number of hydrogen-bond donors (Lipinski definition) is 3. The number of aromatic nitrogens is 1. The molecule has 0 saturated carbocycles. The molecular weight excluding hydrogens is 444 g/mol. The Morgan fingerprint density at radius 2 is 1.81 bits per heavy atom. The lowest BCUT2D eigenvalue weighted by Crippen LogP contribution is -2.41. The summed E-state index contributed by atoms with van der Waals surface area (Å²) in [4.78, 5) is 15.9. The predicted octanol–water partition coefficient (Wildman–Crippen LogP) is 4.30. The van der Waals surface area contributed by atoms with Crippen LogP contribution in [0, 0.1) is 6.92 Å². The number of aliphatic carboxylic acids is 1. The van der Waals surface area contributed by atoms with Crippen molar-refractivity contribution in [2.24, 2.45) is 0 Å². The van der Waals surface area contributed by atoms with Crippen molar-refractivity contribution in [3.05, 3.63) is 88.4 Å². The van der Waals surface area contributed by atoms with Gasteiger partial charge in [0.2, 0.25) is 0 Å². The molecule has 2 aromatic carbocycles. The normalized spacial score (nSPS) is 12.8. The molecule has 32 heavy (non-hydrogen) atoms. The number of nitrogens with one attached hydrogen (secondary N) is 2. The lowest BCUT2D eigenvalue weighted by Gasteiger charge is -2.13. The van der Waals surface area contributed by atoms with Crippen molar-refractivity contribution in [2.75, 3.05) is 0 Å². The van der Waals surface area contributed by atoms with E-state index in [1.165, 1.54) is 22.5 Å². The fourth-order valence-electron chi connectivity index (χ4n) is 3.60. The number of aromatic amines is 1. The molecule has 0 saturated heterocycles. The minimum absolute atomic E-state index is 0.0459. The molecule has 0 aliphatic rings. The number of sulfonamides is 1. The van der Waals surface area contributed by atoms with Crippen LogP contribution in [-0.2, 0) is 34.1 Å². The first-order valence-corrected chi connectivity index (χ1v) is 12.6. The molecule has 1 unspecified atom stereocenters. The molecule has 4 aromatic rings. The summed E-state index contributed by atoms with van der Waals surface area (Å²) in [5.41, 5.74) is 4.02. The van der Waals surface area contributed by atoms with E-state index in [2.05, 4.69) is 34.0 Å². The standard InChI is InChI=1S/C24H24N2O4S2/c1-16-6-8-17(9-7-16)10-11-19-12-13-23(31-19)32(29,30)26-22(24(27)28)14-18-15-25-21-5-3-2-4-20(18)21/h2-9,12-13,15,22,25-26H,10-11,14H2,1H3,(H,27,28). The largest absolute Gasteiger partial charge is 0.480 e. The first kappa shape index (κ1) is 22.3. The highest BCUT2D eigenvalue weighted by Gasteiger charge is 2.27. The zero-order chi connectivity index (χ0) is 22.7. The van der Waals surface area contributed by atoms with Crippen LogP contribution in [0.25, 0.3) is 10.9 Å². The van der Waals surface area contributed by atoms with E-state index >= 15 is 0 Å². The fraction of sp³-hybridized carbons (Fsp3) is 0.208. The minimum atomic E-state index is -3.95. The maximum absolute atomic E-state index is 12.9. The van der Waals surface area contributed by atoms with E-state index in [0.29, 0.717) is 0 Å². The number of hydrogen-bond acceptors (Lipinski definition) is 4. The first-order chi connectivity index (χ1) is 15.3. The smallest absolute Gasteiger partial charge is 0.322 e. The first-order valence-electron chi connectivity index (χ1n) is 10.3. The lowest BCUT2D eigenvalue weighted by atomic mass is 10.1. The van der Waals surface area contributed by atoms with Crippen LogP contribution in [-0.4, -0.2) is 30.5 Å². The van der Waals surface area contributed by atoms with E-state index in [-0.39, 0.29) is 10.6 Å². The molecule has 3 N–H and O–H groups in total. The van der Waals surface area contributed by atoms with E-state index < -0.39 is 22.0 Å². The zero-order valence-electron chi connectivity index (χ0n) is 17.5. The molecule has 0 bridgehead atoms. The third kappa shape index (κ3) is 5.09. The van der Waals surface area contributed by atoms with Crippen molar-refractivity contribution in [1.29, 1.82) is 0 Å². The highest BCUT2D eigenvalue weighted by Crippen LogP contribution is 2.24. The molecule has 0 amide bonds. The van der Waals surface area contributed by atoms with Crippen LogP contribution in [0.2, 0.25) is 0 Å². The minimum Gasteiger partial charge on any atom is -0.480 e. The topological polar surface area (TPSA) is 99.3 Å². The van der Waals surface area contributed by atoms with E-state index in [9.17, 15) is 18.3 Å². The number of benzene rings is 2. The quantitative estimate of drug-likeness (QED) is 0.341. The molecular formula is C24H24N2O4S2. The number of H-pyrrole nitrogens is 1. The number of carboxylic acids is 1. The summed E-state index contributed by atoms with van der Waals surface area (Å²) in [6.45, 7) is 2.04. The second kappa shape index (κ2) is 9.28. The van der Waals surface area contributed by atoms with Crippen molar-refractivity contribution in [2.45, 2.75) is 36.4 Å². The monoisotopic (exact) mass is 468 g/mol. The number of aryl methyl sites for hydroxylation is 3. The summed E-state index contributed by atoms with van der Waals surface area (Å²) in [6.07, 6.45) is 3.31. The third-order valence-corrected chi connectivity index (χ3v) is 8.49. The van der Waals surface area contributed by atoms with Crippen LogP contribution in [0.1, 0.15) is 21.6 Å². The van der Waals surface area contributed by atoms with Crippen LogP contribution < -0.4 is 4.72 Å². The van der Waals surface area contributed by atoms with Crippen molar-refractivity contribution >= 4 is 38.2 Å². The van der Waals surface area contributed by atoms with E-state index in [4.69, 9.17) is 0 Å². The van der Waals surface area contributed by atoms with Crippen LogP contribution in [0.4, 0.5) is 0 Å². The second-order valence-electron chi connectivity index (χ2n) is 7.78. The molecule has 2 heterocycles. The van der Waals surface area contributed by atoms with Gasteiger partial charge in [0.1, 0.15) is 10.3 Å². The van der Waals surface area contributed by atoms with Crippen LogP contribution in [0.5, 0.6) is 0 Å². The van der Waals surface area contributed by atoms with Gasteiger partial charge in [-0.15, -0.1) is 11.3 Å². The SMILES string of the molecule is Cc1ccc(CCc2ccc(S(=O)(=O)NC(Cc3c[nH]c4ccccc34)C(=O)O)s2)cc1. The summed E-state index contributed by atoms with van der Waals surface area (Å²) in [7, 11) is -3.95. The van der Waals surface area contributed by atoms with Gasteiger partial charge in [-0.1, -0.05) is 48.0 Å². The molecule has 4 rings (SSSR count). The molecule has 166 valence electrons. The summed E-state index contributed by atoms with van der Waals surface area (Å²) < 4.78 is 28.3. The number of rotatable bonds is 9. The van der Waals surface area contributed by atoms with Gasteiger partial charge in [-0.3, -0.25) is 4.79 Å². The lowest BCUT2D eigenvalue weighted by molar-refractivity contribution is -0.138. The zero-order valence-corrected chi connectivity index (χ0v) is 19.2. The van der Waals surface area contributed by atoms with Crippen molar-refractivity contribution < 1.29 is 18.3 Å². The number of carboxylic acid groups (broad SMARTS) is 1. The van der Waals surface area contributed by atoms with Gasteiger partial charge in [0.25, 0.3) is 10.0 Å². The summed E-state index contributed by atoms with van der Waals surface area (Å²) >= 11 is 1.18. The Hall–Kier alpha value is -2.94. The summed E-state index contributed by atoms with van der Waals surface area (Å²) in [6, 6.07) is 17.9. The summed E-state index contributed by atoms with van der Waals surface area (Å²) in [5, 5.41) is 10.5. The maximum atomic E-state index is 12.9. The molecule has 0 spiro atoms. The Labute approximate surface area is 191 Å². The molecule has 0 aliphatic heterocycles. The van der Waals surface area contributed by atoms with Gasteiger partial charge in [0.15, 0.2) is 0 Å². The van der Waals surface area contributed by atoms with Crippen molar-refractivity contribution in [1.82, 2.24) is 9.71 Å². The Morgan fingerprint density at radius 1 is 1.06 bits per heavy atom. The van der Waals surface area contributed by atoms with E-state index in [0.717, 1.165) is 34.2 Å². The average molecular weight is 469 g/mol. The molecule has 6 nitrogen and oxygen atoms in total. The highest BCUT2D eigenvalue weighted by molar-refractivity contribution is 7.91. The highest BCUT2D eigenvalue weighted by atomic mass is 32.2. The average Bonchev–Trinajstić information content (AvgIpc) is 3.41. The van der Waals surface area contributed by atoms with Crippen molar-refractivity contribution in [3.8, 4) is 0 Å². The van der Waals surface area contributed by atoms with Gasteiger partial charge >= 0.3 is 5.97 Å². The summed E-state index contributed by atoms with van der Waals surface area (Å²) in [5.74, 6) is -1.21. The Kier molecular flexibility index (Phi) is 6.45. The van der Waals surface area contributed by atoms with Crippen LogP contribution in [0.3, 0.4) is 0 Å². The second-order valence-corrected chi connectivity index (χ2v) is 10.9. The number of para-hydroxylation sites is 1. The molecule has 2 aromatic heterocycles. The van der Waals surface area contributed by atoms with E-state index in [1.807, 2.05) is 31.2 Å². The van der Waals surface area contributed by atoms with Gasteiger partial charge in [-0.05, 0) is 49.1 Å². The van der Waals surface area contributed by atoms with Gasteiger partial charge < -0.3 is 10.1 Å². The number of carbonyl (C=O) groups is 1. The Bertz CT molecular complexity index is 1340. The number of thiophene rings is 1. The molecule has 8 heteroatoms. The van der Waals surface area contributed by atoms with Gasteiger partial charge in [0.05, 0.1) is 0 Å². The Morgan fingerprint density at radius 3 is 2.56 bits per heavy atom. The Balaban J connectivity index is 1.46. The molecule has 0 aliphatic carbocycles. The third-order valence-electron chi connectivity index (χ3n) is 5.38. The van der Waals surface area contributed by atoms with Gasteiger partial charge in [-0.2, -0.15) is 4.72 Å².